The highest BCUT2D eigenvalue weighted by Crippen LogP contribution is 2.21. The fourth-order valence-electron chi connectivity index (χ4n) is 1.72. The first-order chi connectivity index (χ1) is 8.83. The van der Waals surface area contributed by atoms with Crippen LogP contribution < -0.4 is 5.73 Å². The van der Waals surface area contributed by atoms with Crippen LogP contribution in [0.15, 0.2) is 48.9 Å². The number of nitrogens with two attached hydrogens (primary N) is 1. The average molecular weight is 237 g/mol. The van der Waals surface area contributed by atoms with Gasteiger partial charge in [0.1, 0.15) is 5.82 Å². The summed E-state index contributed by atoms with van der Waals surface area (Å²) in [7, 11) is 0. The molecule has 0 aliphatic heterocycles. The number of nitrogens with one attached hydrogen (secondary N) is 1. The maximum Gasteiger partial charge on any atom is 0.141 e. The van der Waals surface area contributed by atoms with Gasteiger partial charge in [0.2, 0.25) is 0 Å². The van der Waals surface area contributed by atoms with Gasteiger partial charge in [0.15, 0.2) is 0 Å². The summed E-state index contributed by atoms with van der Waals surface area (Å²) in [5.74, 6) is 0.424. The number of aromatic amines is 1. The second-order valence-corrected chi connectivity index (χ2v) is 3.87. The van der Waals surface area contributed by atoms with Gasteiger partial charge in [-0.1, -0.05) is 24.3 Å². The molecule has 0 amide bonds. The van der Waals surface area contributed by atoms with Crippen LogP contribution in [0.2, 0.25) is 0 Å². The van der Waals surface area contributed by atoms with Crippen LogP contribution in [0.1, 0.15) is 0 Å². The van der Waals surface area contributed by atoms with Crippen molar-refractivity contribution in [2.75, 3.05) is 5.73 Å². The molecule has 88 valence electrons. The molecule has 0 spiro atoms. The summed E-state index contributed by atoms with van der Waals surface area (Å²) in [5.41, 5.74) is 9.39. The molecule has 0 unspecified atom stereocenters. The topological polar surface area (TPSA) is 80.5 Å². The van der Waals surface area contributed by atoms with E-state index < -0.39 is 0 Å². The normalized spacial score (nSPS) is 10.4. The molecule has 0 fully saturated rings. The molecule has 18 heavy (non-hydrogen) atoms. The van der Waals surface area contributed by atoms with Crippen LogP contribution in [-0.2, 0) is 0 Å². The van der Waals surface area contributed by atoms with E-state index in [4.69, 9.17) is 5.73 Å². The maximum atomic E-state index is 5.51. The highest BCUT2D eigenvalue weighted by molar-refractivity contribution is 5.66. The highest BCUT2D eigenvalue weighted by atomic mass is 15.1. The van der Waals surface area contributed by atoms with Gasteiger partial charge >= 0.3 is 0 Å². The molecule has 0 saturated heterocycles. The Labute approximate surface area is 104 Å². The molecule has 0 bridgehead atoms. The molecule has 0 atom stereocenters. The van der Waals surface area contributed by atoms with E-state index in [9.17, 15) is 0 Å². The number of aromatic nitrogens is 4. The number of H-pyrrole nitrogens is 1. The predicted octanol–water partition coefficient (Wildman–Crippen LogP) is 2.12. The molecule has 0 aliphatic rings. The Balaban J connectivity index is 1.94. The van der Waals surface area contributed by atoms with Crippen molar-refractivity contribution in [3.05, 3.63) is 48.9 Å². The van der Waals surface area contributed by atoms with E-state index in [1.807, 2.05) is 30.3 Å². The molecule has 3 rings (SSSR count). The Morgan fingerprint density at radius 1 is 0.889 bits per heavy atom. The van der Waals surface area contributed by atoms with E-state index in [1.165, 1.54) is 0 Å². The van der Waals surface area contributed by atoms with Crippen molar-refractivity contribution in [3.8, 4) is 22.5 Å². The lowest BCUT2D eigenvalue weighted by atomic mass is 10.1. The first-order valence-corrected chi connectivity index (χ1v) is 5.50. The Kier molecular flexibility index (Phi) is 2.49. The van der Waals surface area contributed by atoms with Crippen molar-refractivity contribution in [3.63, 3.8) is 0 Å². The molecule has 0 saturated carbocycles. The quantitative estimate of drug-likeness (QED) is 0.715. The number of rotatable bonds is 2. The lowest BCUT2D eigenvalue weighted by Crippen LogP contribution is -1.92. The zero-order valence-corrected chi connectivity index (χ0v) is 9.54. The van der Waals surface area contributed by atoms with Crippen molar-refractivity contribution in [1.29, 1.82) is 0 Å². The first kappa shape index (κ1) is 10.5. The van der Waals surface area contributed by atoms with Crippen molar-refractivity contribution in [1.82, 2.24) is 20.2 Å². The zero-order chi connectivity index (χ0) is 12.4. The lowest BCUT2D eigenvalue weighted by Gasteiger charge is -2.02. The summed E-state index contributed by atoms with van der Waals surface area (Å²) in [4.78, 5) is 8.26. The highest BCUT2D eigenvalue weighted by Gasteiger charge is 2.02. The smallest absolute Gasteiger partial charge is 0.141 e. The van der Waals surface area contributed by atoms with E-state index in [0.717, 1.165) is 22.5 Å². The summed E-state index contributed by atoms with van der Waals surface area (Å²) in [6.45, 7) is 0. The van der Waals surface area contributed by atoms with Gasteiger partial charge < -0.3 is 5.73 Å². The summed E-state index contributed by atoms with van der Waals surface area (Å²) < 4.78 is 0. The van der Waals surface area contributed by atoms with Crippen LogP contribution in [-0.4, -0.2) is 20.2 Å². The van der Waals surface area contributed by atoms with Gasteiger partial charge in [-0.2, -0.15) is 5.10 Å². The predicted molar refractivity (Wildman–Crippen MR) is 69.5 cm³/mol. The fourth-order valence-corrected chi connectivity index (χ4v) is 1.72. The number of benzene rings is 1. The number of nitrogen functional groups attached to an aromatic ring is 1. The molecule has 5 nitrogen and oxygen atoms in total. The van der Waals surface area contributed by atoms with Gasteiger partial charge in [0, 0.05) is 11.8 Å². The summed E-state index contributed by atoms with van der Waals surface area (Å²) in [6.07, 6.45) is 4.95. The molecule has 5 heteroatoms. The van der Waals surface area contributed by atoms with Gasteiger partial charge in [-0.25, -0.2) is 4.98 Å². The second-order valence-electron chi connectivity index (χ2n) is 3.87. The monoisotopic (exact) mass is 237 g/mol. The molecule has 0 radical (unpaired) electrons. The van der Waals surface area contributed by atoms with Gasteiger partial charge in [-0.05, 0) is 11.6 Å². The van der Waals surface area contributed by atoms with Crippen molar-refractivity contribution >= 4 is 5.82 Å². The molecular formula is C13H11N5. The van der Waals surface area contributed by atoms with Gasteiger partial charge in [-0.3, -0.25) is 10.1 Å². The van der Waals surface area contributed by atoms with Crippen LogP contribution in [0.5, 0.6) is 0 Å². The zero-order valence-electron chi connectivity index (χ0n) is 9.54. The summed E-state index contributed by atoms with van der Waals surface area (Å²) in [6, 6.07) is 9.95. The van der Waals surface area contributed by atoms with Crippen molar-refractivity contribution in [2.24, 2.45) is 0 Å². The Morgan fingerprint density at radius 2 is 1.67 bits per heavy atom. The largest absolute Gasteiger partial charge is 0.382 e. The minimum atomic E-state index is 0.424. The van der Waals surface area contributed by atoms with Gasteiger partial charge in [-0.15, -0.1) is 0 Å². The summed E-state index contributed by atoms with van der Waals surface area (Å²) in [5, 5.41) is 6.85. The first-order valence-electron chi connectivity index (χ1n) is 5.50. The van der Waals surface area contributed by atoms with Crippen LogP contribution in [0.3, 0.4) is 0 Å². The minimum absolute atomic E-state index is 0.424. The molecule has 2 heterocycles. The molecule has 3 N–H and O–H groups in total. The third-order valence-electron chi connectivity index (χ3n) is 2.66. The van der Waals surface area contributed by atoms with E-state index in [0.29, 0.717) is 5.82 Å². The Hall–Kier alpha value is -2.69. The van der Waals surface area contributed by atoms with Gasteiger partial charge in [0.05, 0.1) is 23.8 Å². The Bertz CT molecular complexity index is 626. The van der Waals surface area contributed by atoms with Crippen LogP contribution in [0.25, 0.3) is 22.5 Å². The fraction of sp³-hybridized carbons (Fsp3) is 0. The molecule has 2 aromatic heterocycles. The molecule has 0 aliphatic carbocycles. The van der Waals surface area contributed by atoms with Crippen LogP contribution in [0, 0.1) is 0 Å². The van der Waals surface area contributed by atoms with Crippen molar-refractivity contribution < 1.29 is 0 Å². The standard InChI is InChI=1S/C13H11N5/c14-13-8-15-12(7-16-13)10-3-1-9(2-4-10)11-5-6-17-18-11/h1-8H,(H2,14,16)(H,17,18). The SMILES string of the molecule is Nc1cnc(-c2ccc(-c3ccn[nH]3)cc2)cn1. The number of nitrogens with zero attached hydrogens (tertiary/aromatic N) is 3. The number of hydrogen-bond donors (Lipinski definition) is 2. The third-order valence-corrected chi connectivity index (χ3v) is 2.66. The van der Waals surface area contributed by atoms with Crippen LogP contribution in [0.4, 0.5) is 5.82 Å². The van der Waals surface area contributed by atoms with E-state index in [-0.39, 0.29) is 0 Å². The molecule has 3 aromatic rings. The lowest BCUT2D eigenvalue weighted by molar-refractivity contribution is 1.10. The van der Waals surface area contributed by atoms with Gasteiger partial charge in [0.25, 0.3) is 0 Å². The van der Waals surface area contributed by atoms with Crippen molar-refractivity contribution in [2.45, 2.75) is 0 Å². The number of anilines is 1. The Morgan fingerprint density at radius 3 is 2.28 bits per heavy atom. The number of hydrogen-bond acceptors (Lipinski definition) is 4. The van der Waals surface area contributed by atoms with E-state index in [2.05, 4.69) is 20.2 Å². The van der Waals surface area contributed by atoms with Crippen LogP contribution >= 0.6 is 0 Å². The third kappa shape index (κ3) is 1.93. The van der Waals surface area contributed by atoms with E-state index in [1.54, 1.807) is 18.6 Å². The molecule has 1 aromatic carbocycles. The average Bonchev–Trinajstić information content (AvgIpc) is 2.94. The van der Waals surface area contributed by atoms with E-state index >= 15 is 0 Å². The maximum absolute atomic E-state index is 5.51. The second kappa shape index (κ2) is 4.29. The summed E-state index contributed by atoms with van der Waals surface area (Å²) >= 11 is 0. The minimum Gasteiger partial charge on any atom is -0.382 e. The molecular weight excluding hydrogens is 226 g/mol.